The van der Waals surface area contributed by atoms with Crippen LogP contribution in [-0.4, -0.2) is 15.6 Å². The molecular formula is C17H24ClN3. The highest BCUT2D eigenvalue weighted by Gasteiger charge is 2.39. The van der Waals surface area contributed by atoms with E-state index in [-0.39, 0.29) is 11.5 Å². The molecule has 0 saturated heterocycles. The van der Waals surface area contributed by atoms with Crippen LogP contribution in [0.15, 0.2) is 18.2 Å². The van der Waals surface area contributed by atoms with Gasteiger partial charge in [0.2, 0.25) is 0 Å². The number of halogens is 1. The summed E-state index contributed by atoms with van der Waals surface area (Å²) < 4.78 is 2.36. The zero-order valence-corrected chi connectivity index (χ0v) is 13.7. The maximum absolute atomic E-state index is 6.48. The first-order valence-electron chi connectivity index (χ1n) is 7.98. The Kier molecular flexibility index (Phi) is 3.98. The summed E-state index contributed by atoms with van der Waals surface area (Å²) in [5, 5.41) is 0.744. The Hall–Kier alpha value is -1.06. The van der Waals surface area contributed by atoms with Gasteiger partial charge in [0.25, 0.3) is 0 Å². The lowest BCUT2D eigenvalue weighted by Crippen LogP contribution is -2.47. The number of aromatic nitrogens is 2. The van der Waals surface area contributed by atoms with Crippen LogP contribution < -0.4 is 5.73 Å². The van der Waals surface area contributed by atoms with Gasteiger partial charge < -0.3 is 10.3 Å². The maximum Gasteiger partial charge on any atom is 0.117 e. The van der Waals surface area contributed by atoms with Crippen molar-refractivity contribution in [3.63, 3.8) is 0 Å². The number of aryl methyl sites for hydroxylation is 1. The molecule has 2 atom stereocenters. The summed E-state index contributed by atoms with van der Waals surface area (Å²) in [6, 6.07) is 6.19. The normalized spacial score (nSPS) is 26.4. The van der Waals surface area contributed by atoms with Crippen molar-refractivity contribution in [2.24, 2.45) is 5.73 Å². The molecule has 21 heavy (non-hydrogen) atoms. The SMILES string of the molecule is CCCn1c(C2(C)CCCCC2N)nc2cc(Cl)ccc21. The summed E-state index contributed by atoms with van der Waals surface area (Å²) >= 11 is 6.13. The molecule has 0 bridgehead atoms. The lowest BCUT2D eigenvalue weighted by molar-refractivity contribution is 0.252. The largest absolute Gasteiger partial charge is 0.327 e. The van der Waals surface area contributed by atoms with Gasteiger partial charge >= 0.3 is 0 Å². The fourth-order valence-electron chi connectivity index (χ4n) is 3.63. The van der Waals surface area contributed by atoms with E-state index < -0.39 is 0 Å². The Morgan fingerprint density at radius 1 is 1.43 bits per heavy atom. The zero-order chi connectivity index (χ0) is 15.0. The third kappa shape index (κ3) is 2.47. The first kappa shape index (κ1) is 14.9. The molecular weight excluding hydrogens is 282 g/mol. The minimum Gasteiger partial charge on any atom is -0.327 e. The van der Waals surface area contributed by atoms with E-state index in [1.165, 1.54) is 18.4 Å². The molecule has 0 radical (unpaired) electrons. The van der Waals surface area contributed by atoms with Crippen molar-refractivity contribution in [2.45, 2.75) is 64.0 Å². The smallest absolute Gasteiger partial charge is 0.117 e. The van der Waals surface area contributed by atoms with E-state index in [1.807, 2.05) is 12.1 Å². The minimum atomic E-state index is -0.0289. The van der Waals surface area contributed by atoms with Crippen LogP contribution >= 0.6 is 11.6 Å². The van der Waals surface area contributed by atoms with Gasteiger partial charge in [-0.1, -0.05) is 38.3 Å². The Labute approximate surface area is 131 Å². The van der Waals surface area contributed by atoms with Gasteiger partial charge in [-0.25, -0.2) is 4.98 Å². The van der Waals surface area contributed by atoms with Gasteiger partial charge in [-0.05, 0) is 37.5 Å². The molecule has 3 rings (SSSR count). The molecule has 1 fully saturated rings. The van der Waals surface area contributed by atoms with Crippen molar-refractivity contribution in [1.82, 2.24) is 9.55 Å². The highest BCUT2D eigenvalue weighted by atomic mass is 35.5. The van der Waals surface area contributed by atoms with Crippen molar-refractivity contribution >= 4 is 22.6 Å². The van der Waals surface area contributed by atoms with Gasteiger partial charge in [0.15, 0.2) is 0 Å². The van der Waals surface area contributed by atoms with Crippen LogP contribution in [0.5, 0.6) is 0 Å². The molecule has 0 amide bonds. The molecule has 0 spiro atoms. The standard InChI is InChI=1S/C17H24ClN3/c1-3-10-21-14-8-7-12(18)11-13(14)20-16(21)17(2)9-5-4-6-15(17)19/h7-8,11,15H,3-6,9-10,19H2,1-2H3. The highest BCUT2D eigenvalue weighted by molar-refractivity contribution is 6.31. The summed E-state index contributed by atoms with van der Waals surface area (Å²) in [6.45, 7) is 5.47. The maximum atomic E-state index is 6.48. The van der Waals surface area contributed by atoms with Crippen molar-refractivity contribution in [3.05, 3.63) is 29.0 Å². The van der Waals surface area contributed by atoms with Crippen LogP contribution in [0.1, 0.15) is 51.8 Å². The fraction of sp³-hybridized carbons (Fsp3) is 0.588. The molecule has 1 aromatic carbocycles. The second-order valence-electron chi connectivity index (χ2n) is 6.49. The number of hydrogen-bond acceptors (Lipinski definition) is 2. The van der Waals surface area contributed by atoms with Gasteiger partial charge in [-0.15, -0.1) is 0 Å². The first-order chi connectivity index (χ1) is 10.1. The summed E-state index contributed by atoms with van der Waals surface area (Å²) in [6.07, 6.45) is 5.77. The second kappa shape index (κ2) is 5.62. The Morgan fingerprint density at radius 3 is 2.95 bits per heavy atom. The summed E-state index contributed by atoms with van der Waals surface area (Å²) in [7, 11) is 0. The van der Waals surface area contributed by atoms with Gasteiger partial charge in [0, 0.05) is 23.0 Å². The molecule has 4 heteroatoms. The average Bonchev–Trinajstić information content (AvgIpc) is 2.81. The third-order valence-corrected chi connectivity index (χ3v) is 5.18. The van der Waals surface area contributed by atoms with Crippen molar-refractivity contribution < 1.29 is 0 Å². The molecule has 1 heterocycles. The van der Waals surface area contributed by atoms with E-state index >= 15 is 0 Å². The number of nitrogens with two attached hydrogens (primary N) is 1. The van der Waals surface area contributed by atoms with E-state index in [0.717, 1.165) is 42.2 Å². The van der Waals surface area contributed by atoms with Crippen LogP contribution in [0.25, 0.3) is 11.0 Å². The van der Waals surface area contributed by atoms with Crippen LogP contribution in [-0.2, 0) is 12.0 Å². The van der Waals surface area contributed by atoms with Gasteiger partial charge in [0.05, 0.1) is 11.0 Å². The molecule has 2 aromatic rings. The lowest BCUT2D eigenvalue weighted by atomic mass is 9.71. The second-order valence-corrected chi connectivity index (χ2v) is 6.93. The summed E-state index contributed by atoms with van der Waals surface area (Å²) in [5.74, 6) is 1.15. The molecule has 0 aliphatic heterocycles. The molecule has 114 valence electrons. The van der Waals surface area contributed by atoms with E-state index in [4.69, 9.17) is 22.3 Å². The van der Waals surface area contributed by atoms with Crippen LogP contribution in [0.4, 0.5) is 0 Å². The van der Waals surface area contributed by atoms with Crippen LogP contribution in [0, 0.1) is 0 Å². The number of benzene rings is 1. The molecule has 1 aliphatic carbocycles. The molecule has 2 N–H and O–H groups in total. The number of imidazole rings is 1. The minimum absolute atomic E-state index is 0.0289. The van der Waals surface area contributed by atoms with Crippen molar-refractivity contribution in [1.29, 1.82) is 0 Å². The van der Waals surface area contributed by atoms with Crippen LogP contribution in [0.3, 0.4) is 0 Å². The van der Waals surface area contributed by atoms with Crippen molar-refractivity contribution in [3.8, 4) is 0 Å². The molecule has 1 saturated carbocycles. The van der Waals surface area contributed by atoms with E-state index in [0.29, 0.717) is 0 Å². The Bertz CT molecular complexity index is 649. The Morgan fingerprint density at radius 2 is 2.24 bits per heavy atom. The highest BCUT2D eigenvalue weighted by Crippen LogP contribution is 2.39. The number of hydrogen-bond donors (Lipinski definition) is 1. The van der Waals surface area contributed by atoms with E-state index in [1.54, 1.807) is 0 Å². The molecule has 2 unspecified atom stereocenters. The van der Waals surface area contributed by atoms with E-state index in [2.05, 4.69) is 24.5 Å². The zero-order valence-electron chi connectivity index (χ0n) is 12.9. The van der Waals surface area contributed by atoms with E-state index in [9.17, 15) is 0 Å². The first-order valence-corrected chi connectivity index (χ1v) is 8.36. The number of rotatable bonds is 3. The predicted molar refractivity (Wildman–Crippen MR) is 88.8 cm³/mol. The molecule has 1 aliphatic rings. The lowest BCUT2D eigenvalue weighted by Gasteiger charge is -2.39. The Balaban J connectivity index is 2.18. The molecule has 3 nitrogen and oxygen atoms in total. The number of nitrogens with zero attached hydrogens (tertiary/aromatic N) is 2. The topological polar surface area (TPSA) is 43.8 Å². The summed E-state index contributed by atoms with van der Waals surface area (Å²) in [5.41, 5.74) is 8.62. The fourth-order valence-corrected chi connectivity index (χ4v) is 3.79. The quantitative estimate of drug-likeness (QED) is 0.921. The number of fused-ring (bicyclic) bond motifs is 1. The van der Waals surface area contributed by atoms with Crippen LogP contribution in [0.2, 0.25) is 5.02 Å². The van der Waals surface area contributed by atoms with Gasteiger partial charge in [-0.3, -0.25) is 0 Å². The van der Waals surface area contributed by atoms with Gasteiger partial charge in [-0.2, -0.15) is 0 Å². The monoisotopic (exact) mass is 305 g/mol. The predicted octanol–water partition coefficient (Wildman–Crippen LogP) is 4.26. The van der Waals surface area contributed by atoms with Gasteiger partial charge in [0.1, 0.15) is 5.82 Å². The van der Waals surface area contributed by atoms with Crippen molar-refractivity contribution in [2.75, 3.05) is 0 Å². The molecule has 1 aromatic heterocycles. The third-order valence-electron chi connectivity index (χ3n) is 4.95. The summed E-state index contributed by atoms with van der Waals surface area (Å²) in [4.78, 5) is 4.94. The average molecular weight is 306 g/mol.